The highest BCUT2D eigenvalue weighted by Gasteiger charge is 2.31. The molecule has 8 heteroatoms. The van der Waals surface area contributed by atoms with Crippen LogP contribution in [0.25, 0.3) is 11.3 Å². The van der Waals surface area contributed by atoms with Crippen molar-refractivity contribution in [3.63, 3.8) is 0 Å². The average molecular weight is 485 g/mol. The number of hydrogen-bond acceptors (Lipinski definition) is 6. The normalized spacial score (nSPS) is 15.3. The molecule has 0 saturated carbocycles. The van der Waals surface area contributed by atoms with Gasteiger partial charge in [-0.05, 0) is 49.2 Å². The lowest BCUT2D eigenvalue weighted by atomic mass is 9.92. The maximum atomic E-state index is 13.2. The molecule has 3 aromatic carbocycles. The smallest absolute Gasteiger partial charge is 0.338 e. The number of nitrogens with two attached hydrogens (primary N) is 1. The van der Waals surface area contributed by atoms with E-state index in [-0.39, 0.29) is 18.4 Å². The molecule has 0 aromatic heterocycles. The number of benzene rings is 3. The van der Waals surface area contributed by atoms with Gasteiger partial charge in [0.05, 0.1) is 29.1 Å². The van der Waals surface area contributed by atoms with Gasteiger partial charge in [0.15, 0.2) is 0 Å². The van der Waals surface area contributed by atoms with Gasteiger partial charge >= 0.3 is 5.97 Å². The quantitative estimate of drug-likeness (QED) is 0.300. The molecule has 0 saturated heterocycles. The summed E-state index contributed by atoms with van der Waals surface area (Å²) < 4.78 is 5.08. The van der Waals surface area contributed by atoms with E-state index >= 15 is 0 Å². The number of likely N-dealkylation sites (N-methyl/N-ethyl adjacent to an activating group) is 1. The second-order valence-electron chi connectivity index (χ2n) is 8.53. The Morgan fingerprint density at radius 2 is 1.69 bits per heavy atom. The first-order valence-corrected chi connectivity index (χ1v) is 11.6. The van der Waals surface area contributed by atoms with Crippen molar-refractivity contribution in [3.05, 3.63) is 95.1 Å². The van der Waals surface area contributed by atoms with Crippen molar-refractivity contribution in [2.45, 2.75) is 19.4 Å². The van der Waals surface area contributed by atoms with Gasteiger partial charge in [0.2, 0.25) is 5.91 Å². The maximum Gasteiger partial charge on any atom is 0.338 e. The van der Waals surface area contributed by atoms with Crippen LogP contribution in [0.5, 0.6) is 0 Å². The predicted molar refractivity (Wildman–Crippen MR) is 140 cm³/mol. The van der Waals surface area contributed by atoms with Crippen molar-refractivity contribution in [2.24, 2.45) is 5.73 Å². The van der Waals surface area contributed by atoms with Crippen LogP contribution in [0, 0.1) is 0 Å². The van der Waals surface area contributed by atoms with Crippen LogP contribution in [0.3, 0.4) is 0 Å². The van der Waals surface area contributed by atoms with Gasteiger partial charge in [-0.25, -0.2) is 4.79 Å². The number of rotatable bonds is 7. The second kappa shape index (κ2) is 10.1. The molecular formula is C28H28N4O4. The van der Waals surface area contributed by atoms with Crippen LogP contribution in [0.4, 0.5) is 11.4 Å². The molecule has 8 nitrogen and oxygen atoms in total. The Morgan fingerprint density at radius 3 is 2.33 bits per heavy atom. The third-order valence-electron chi connectivity index (χ3n) is 6.04. The summed E-state index contributed by atoms with van der Waals surface area (Å²) in [6.45, 7) is 3.65. The second-order valence-corrected chi connectivity index (χ2v) is 8.53. The van der Waals surface area contributed by atoms with Crippen LogP contribution in [0.1, 0.15) is 40.9 Å². The third-order valence-corrected chi connectivity index (χ3v) is 6.04. The first-order chi connectivity index (χ1) is 17.3. The molecule has 1 heterocycles. The fourth-order valence-electron chi connectivity index (χ4n) is 4.08. The van der Waals surface area contributed by atoms with E-state index in [0.29, 0.717) is 39.3 Å². The van der Waals surface area contributed by atoms with E-state index < -0.39 is 11.5 Å². The van der Waals surface area contributed by atoms with E-state index in [9.17, 15) is 14.4 Å². The Labute approximate surface area is 209 Å². The van der Waals surface area contributed by atoms with Crippen LogP contribution in [-0.2, 0) is 19.9 Å². The van der Waals surface area contributed by atoms with Crippen molar-refractivity contribution < 1.29 is 19.1 Å². The molecule has 2 amide bonds. The van der Waals surface area contributed by atoms with E-state index in [1.807, 2.05) is 42.5 Å². The van der Waals surface area contributed by atoms with E-state index in [0.717, 1.165) is 5.56 Å². The molecule has 4 rings (SSSR count). The summed E-state index contributed by atoms with van der Waals surface area (Å²) in [7, 11) is 1.54. The first kappa shape index (κ1) is 24.7. The molecular weight excluding hydrogens is 456 g/mol. The molecule has 5 N–H and O–H groups in total. The molecule has 3 aromatic rings. The number of carbonyl (C=O) groups is 3. The summed E-state index contributed by atoms with van der Waals surface area (Å²) in [4.78, 5) is 37.5. The summed E-state index contributed by atoms with van der Waals surface area (Å²) in [5.74, 6) is -1.03. The topological polar surface area (TPSA) is 123 Å². The number of amides is 2. The van der Waals surface area contributed by atoms with Crippen molar-refractivity contribution in [1.82, 2.24) is 5.32 Å². The lowest BCUT2D eigenvalue weighted by Gasteiger charge is -2.23. The maximum absolute atomic E-state index is 13.2. The van der Waals surface area contributed by atoms with Gasteiger partial charge in [-0.2, -0.15) is 0 Å². The van der Waals surface area contributed by atoms with Crippen LogP contribution < -0.4 is 21.7 Å². The van der Waals surface area contributed by atoms with Crippen LogP contribution in [0.2, 0.25) is 0 Å². The highest BCUT2D eigenvalue weighted by Crippen LogP contribution is 2.38. The molecule has 0 fully saturated rings. The summed E-state index contributed by atoms with van der Waals surface area (Å²) in [6.07, 6.45) is 0. The Hall–Kier alpha value is -4.43. The fraction of sp³-hybridized carbons (Fsp3) is 0.179. The van der Waals surface area contributed by atoms with Gasteiger partial charge in [-0.3, -0.25) is 9.59 Å². The number of hydrogen-bond donors (Lipinski definition) is 4. The summed E-state index contributed by atoms with van der Waals surface area (Å²) in [5, 5.41) is 8.82. The number of ether oxygens (including phenoxy) is 1. The molecule has 1 aliphatic heterocycles. The number of fused-ring (bicyclic) bond motifs is 1. The Morgan fingerprint density at radius 1 is 1.00 bits per heavy atom. The van der Waals surface area contributed by atoms with Gasteiger partial charge in [-0.1, -0.05) is 48.5 Å². The van der Waals surface area contributed by atoms with Crippen LogP contribution in [0.15, 0.2) is 72.8 Å². The Bertz CT molecular complexity index is 1350. The zero-order valence-electron chi connectivity index (χ0n) is 20.3. The Kier molecular flexibility index (Phi) is 6.89. The van der Waals surface area contributed by atoms with Crippen LogP contribution >= 0.6 is 0 Å². The number of anilines is 2. The molecule has 1 unspecified atom stereocenters. The Balaban J connectivity index is 1.76. The molecule has 0 radical (unpaired) electrons. The molecule has 36 heavy (non-hydrogen) atoms. The third kappa shape index (κ3) is 4.71. The SMILES string of the molecule is CCOC(=O)c1ccc2c(c1)NC(=O)C2=C(Nc1ccc(C(C)(N)C(=O)NC)cc1)c1ccccc1. The van der Waals surface area contributed by atoms with Gasteiger partial charge in [0, 0.05) is 18.3 Å². The molecule has 0 spiro atoms. The minimum atomic E-state index is -1.19. The van der Waals surface area contributed by atoms with E-state index in [1.54, 1.807) is 51.2 Å². The standard InChI is InChI=1S/C28H28N4O4/c1-4-36-26(34)18-10-15-21-22(16-18)32-25(33)23(21)24(17-8-6-5-7-9-17)31-20-13-11-19(12-14-20)28(2,29)27(35)30-3/h5-16,31H,4,29H2,1-3H3,(H,30,35)(H,32,33). The monoisotopic (exact) mass is 484 g/mol. The highest BCUT2D eigenvalue weighted by atomic mass is 16.5. The zero-order chi connectivity index (χ0) is 25.9. The van der Waals surface area contributed by atoms with Crippen molar-refractivity contribution in [1.29, 1.82) is 0 Å². The first-order valence-electron chi connectivity index (χ1n) is 11.6. The van der Waals surface area contributed by atoms with E-state index in [1.165, 1.54) is 0 Å². The minimum absolute atomic E-state index is 0.265. The molecule has 1 atom stereocenters. The molecule has 0 bridgehead atoms. The number of carbonyl (C=O) groups excluding carboxylic acids is 3. The van der Waals surface area contributed by atoms with E-state index in [4.69, 9.17) is 10.5 Å². The predicted octanol–water partition coefficient (Wildman–Crippen LogP) is 3.72. The van der Waals surface area contributed by atoms with Gasteiger partial charge in [-0.15, -0.1) is 0 Å². The molecule has 184 valence electrons. The number of nitrogens with one attached hydrogen (secondary N) is 3. The van der Waals surface area contributed by atoms with Gasteiger partial charge in [0.25, 0.3) is 5.91 Å². The lowest BCUT2D eigenvalue weighted by Crippen LogP contribution is -2.47. The molecule has 1 aliphatic rings. The average Bonchev–Trinajstić information content (AvgIpc) is 3.22. The summed E-state index contributed by atoms with van der Waals surface area (Å²) in [5.41, 5.74) is 9.84. The van der Waals surface area contributed by atoms with E-state index in [2.05, 4.69) is 16.0 Å². The highest BCUT2D eigenvalue weighted by molar-refractivity contribution is 6.37. The summed E-state index contributed by atoms with van der Waals surface area (Å²) in [6, 6.07) is 21.7. The number of esters is 1. The largest absolute Gasteiger partial charge is 0.462 e. The zero-order valence-corrected chi connectivity index (χ0v) is 20.3. The van der Waals surface area contributed by atoms with Crippen molar-refractivity contribution >= 4 is 40.4 Å². The summed E-state index contributed by atoms with van der Waals surface area (Å²) >= 11 is 0. The lowest BCUT2D eigenvalue weighted by molar-refractivity contribution is -0.125. The molecule has 0 aliphatic carbocycles. The van der Waals surface area contributed by atoms with Gasteiger partial charge in [0.1, 0.15) is 5.54 Å². The van der Waals surface area contributed by atoms with Crippen LogP contribution in [-0.4, -0.2) is 31.4 Å². The van der Waals surface area contributed by atoms with Gasteiger partial charge < -0.3 is 26.4 Å². The minimum Gasteiger partial charge on any atom is -0.462 e. The fourth-order valence-corrected chi connectivity index (χ4v) is 4.08. The van der Waals surface area contributed by atoms with Crippen molar-refractivity contribution in [2.75, 3.05) is 24.3 Å². The van der Waals surface area contributed by atoms with Crippen molar-refractivity contribution in [3.8, 4) is 0 Å².